The summed E-state index contributed by atoms with van der Waals surface area (Å²) in [4.78, 5) is 15.7. The summed E-state index contributed by atoms with van der Waals surface area (Å²) >= 11 is 3.34. The third-order valence-corrected chi connectivity index (χ3v) is 2.85. The first-order valence-corrected chi connectivity index (χ1v) is 6.58. The highest BCUT2D eigenvalue weighted by atomic mass is 79.9. The summed E-state index contributed by atoms with van der Waals surface area (Å²) in [7, 11) is 0. The molecule has 0 aliphatic heterocycles. The fourth-order valence-corrected chi connectivity index (χ4v) is 1.83. The third kappa shape index (κ3) is 4.71. The summed E-state index contributed by atoms with van der Waals surface area (Å²) in [5.41, 5.74) is 0.818. The first kappa shape index (κ1) is 13.5. The Morgan fingerprint density at radius 2 is 2.16 bits per heavy atom. The maximum absolute atomic E-state index is 11.6. The van der Waals surface area contributed by atoms with Crippen LogP contribution in [0.4, 0.5) is 0 Å². The molecule has 4 nitrogen and oxygen atoms in total. The summed E-state index contributed by atoms with van der Waals surface area (Å²) in [5.74, 6) is 0.480. The van der Waals surface area contributed by atoms with Gasteiger partial charge in [-0.3, -0.25) is 9.78 Å². The van der Waals surface area contributed by atoms with E-state index in [0.717, 1.165) is 10.2 Å². The summed E-state index contributed by atoms with van der Waals surface area (Å²) in [6.07, 6.45) is 1.69. The lowest BCUT2D eigenvalue weighted by atomic mass is 10.3. The maximum atomic E-state index is 11.6. The molecule has 5 heteroatoms. The Bertz CT molecular complexity index is 546. The van der Waals surface area contributed by atoms with Crippen molar-refractivity contribution < 1.29 is 9.53 Å². The molecule has 2 rings (SSSR count). The standard InChI is InChI=1S/C14H13BrN2O2/c15-11-4-3-6-13(8-11)19-10-14(18)17-9-12-5-1-2-7-16-12/h1-8H,9-10H2,(H,17,18). The molecule has 0 spiro atoms. The second kappa shape index (κ2) is 6.89. The lowest BCUT2D eigenvalue weighted by Gasteiger charge is -2.07. The number of halogens is 1. The van der Waals surface area contributed by atoms with Crippen LogP contribution in [0.15, 0.2) is 53.1 Å². The summed E-state index contributed by atoms with van der Waals surface area (Å²) in [5, 5.41) is 2.75. The zero-order chi connectivity index (χ0) is 13.5. The first-order chi connectivity index (χ1) is 9.24. The van der Waals surface area contributed by atoms with Gasteiger partial charge in [-0.15, -0.1) is 0 Å². The van der Waals surface area contributed by atoms with Gasteiger partial charge in [-0.05, 0) is 30.3 Å². The number of nitrogens with one attached hydrogen (secondary N) is 1. The highest BCUT2D eigenvalue weighted by Gasteiger charge is 2.03. The fourth-order valence-electron chi connectivity index (χ4n) is 1.45. The Morgan fingerprint density at radius 1 is 1.26 bits per heavy atom. The average Bonchev–Trinajstić information content (AvgIpc) is 2.44. The molecule has 0 aliphatic rings. The van der Waals surface area contributed by atoms with Gasteiger partial charge in [0.1, 0.15) is 5.75 Å². The van der Waals surface area contributed by atoms with Crippen molar-refractivity contribution in [2.45, 2.75) is 6.54 Å². The Balaban J connectivity index is 1.76. The van der Waals surface area contributed by atoms with Crippen LogP contribution in [0.2, 0.25) is 0 Å². The number of carbonyl (C=O) groups is 1. The molecule has 0 fully saturated rings. The topological polar surface area (TPSA) is 51.2 Å². The number of nitrogens with zero attached hydrogens (tertiary/aromatic N) is 1. The lowest BCUT2D eigenvalue weighted by Crippen LogP contribution is -2.28. The molecule has 1 aromatic carbocycles. The molecule has 0 saturated heterocycles. The minimum atomic E-state index is -0.175. The molecule has 0 radical (unpaired) electrons. The molecule has 1 heterocycles. The third-order valence-electron chi connectivity index (χ3n) is 2.36. The molecule has 1 aromatic heterocycles. The highest BCUT2D eigenvalue weighted by Crippen LogP contribution is 2.17. The van der Waals surface area contributed by atoms with Gasteiger partial charge in [0.05, 0.1) is 12.2 Å². The van der Waals surface area contributed by atoms with Crippen molar-refractivity contribution in [3.8, 4) is 5.75 Å². The zero-order valence-corrected chi connectivity index (χ0v) is 11.8. The minimum Gasteiger partial charge on any atom is -0.484 e. The van der Waals surface area contributed by atoms with E-state index in [1.54, 1.807) is 12.3 Å². The van der Waals surface area contributed by atoms with Crippen molar-refractivity contribution in [3.05, 3.63) is 58.8 Å². The van der Waals surface area contributed by atoms with E-state index >= 15 is 0 Å². The van der Waals surface area contributed by atoms with Gasteiger partial charge < -0.3 is 10.1 Å². The molecule has 0 saturated carbocycles. The Morgan fingerprint density at radius 3 is 2.89 bits per heavy atom. The molecule has 1 amide bonds. The Kier molecular flexibility index (Phi) is 4.92. The van der Waals surface area contributed by atoms with Crippen molar-refractivity contribution in [3.63, 3.8) is 0 Å². The van der Waals surface area contributed by atoms with Crippen LogP contribution in [-0.2, 0) is 11.3 Å². The van der Waals surface area contributed by atoms with E-state index in [0.29, 0.717) is 12.3 Å². The minimum absolute atomic E-state index is 0.0106. The molecule has 1 N–H and O–H groups in total. The van der Waals surface area contributed by atoms with Crippen molar-refractivity contribution in [1.29, 1.82) is 0 Å². The van der Waals surface area contributed by atoms with Crippen LogP contribution < -0.4 is 10.1 Å². The van der Waals surface area contributed by atoms with Gasteiger partial charge in [0.25, 0.3) is 5.91 Å². The van der Waals surface area contributed by atoms with Gasteiger partial charge >= 0.3 is 0 Å². The number of ether oxygens (including phenoxy) is 1. The Hall–Kier alpha value is -1.88. The van der Waals surface area contributed by atoms with Crippen molar-refractivity contribution in [2.24, 2.45) is 0 Å². The Labute approximate surface area is 119 Å². The fraction of sp³-hybridized carbons (Fsp3) is 0.143. The van der Waals surface area contributed by atoms with E-state index in [1.165, 1.54) is 0 Å². The van der Waals surface area contributed by atoms with Crippen molar-refractivity contribution in [1.82, 2.24) is 10.3 Å². The first-order valence-electron chi connectivity index (χ1n) is 5.79. The molecule has 0 unspecified atom stereocenters. The van der Waals surface area contributed by atoms with Gasteiger partial charge in [0, 0.05) is 10.7 Å². The quantitative estimate of drug-likeness (QED) is 0.921. The van der Waals surface area contributed by atoms with Crippen LogP contribution in [0.25, 0.3) is 0 Å². The number of hydrogen-bond donors (Lipinski definition) is 1. The normalized spacial score (nSPS) is 9.95. The molecular formula is C14H13BrN2O2. The zero-order valence-electron chi connectivity index (χ0n) is 10.2. The predicted molar refractivity (Wildman–Crippen MR) is 75.7 cm³/mol. The van der Waals surface area contributed by atoms with Crippen LogP contribution in [-0.4, -0.2) is 17.5 Å². The molecular weight excluding hydrogens is 308 g/mol. The van der Waals surface area contributed by atoms with Crippen LogP contribution in [0.1, 0.15) is 5.69 Å². The molecule has 19 heavy (non-hydrogen) atoms. The van der Waals surface area contributed by atoms with Crippen molar-refractivity contribution in [2.75, 3.05) is 6.61 Å². The largest absolute Gasteiger partial charge is 0.484 e. The van der Waals surface area contributed by atoms with E-state index in [2.05, 4.69) is 26.2 Å². The SMILES string of the molecule is O=C(COc1cccc(Br)c1)NCc1ccccn1. The number of rotatable bonds is 5. The number of hydrogen-bond acceptors (Lipinski definition) is 3. The van der Waals surface area contributed by atoms with E-state index in [9.17, 15) is 4.79 Å². The van der Waals surface area contributed by atoms with Gasteiger partial charge in [-0.25, -0.2) is 0 Å². The number of amides is 1. The van der Waals surface area contributed by atoms with Crippen molar-refractivity contribution >= 4 is 21.8 Å². The second-order valence-corrected chi connectivity index (χ2v) is 4.76. The second-order valence-electron chi connectivity index (χ2n) is 3.84. The van der Waals surface area contributed by atoms with Crippen LogP contribution in [0.3, 0.4) is 0 Å². The predicted octanol–water partition coefficient (Wildman–Crippen LogP) is 2.54. The number of pyridine rings is 1. The summed E-state index contributed by atoms with van der Waals surface area (Å²) < 4.78 is 6.29. The maximum Gasteiger partial charge on any atom is 0.258 e. The highest BCUT2D eigenvalue weighted by molar-refractivity contribution is 9.10. The van der Waals surface area contributed by atoms with E-state index in [4.69, 9.17) is 4.74 Å². The van der Waals surface area contributed by atoms with Gasteiger partial charge in [0.2, 0.25) is 0 Å². The summed E-state index contributed by atoms with van der Waals surface area (Å²) in [6.45, 7) is 0.394. The van der Waals surface area contributed by atoms with Gasteiger partial charge in [-0.2, -0.15) is 0 Å². The lowest BCUT2D eigenvalue weighted by molar-refractivity contribution is -0.123. The number of benzene rings is 1. The number of carbonyl (C=O) groups excluding carboxylic acids is 1. The molecule has 2 aromatic rings. The molecule has 0 bridgehead atoms. The smallest absolute Gasteiger partial charge is 0.258 e. The summed E-state index contributed by atoms with van der Waals surface area (Å²) in [6, 6.07) is 12.9. The average molecular weight is 321 g/mol. The van der Waals surface area contributed by atoms with E-state index < -0.39 is 0 Å². The number of aromatic nitrogens is 1. The van der Waals surface area contributed by atoms with Crippen LogP contribution in [0.5, 0.6) is 5.75 Å². The molecule has 0 aliphatic carbocycles. The monoisotopic (exact) mass is 320 g/mol. The van der Waals surface area contributed by atoms with Gasteiger partial charge in [0.15, 0.2) is 6.61 Å². The van der Waals surface area contributed by atoms with E-state index in [-0.39, 0.29) is 12.5 Å². The molecule has 0 atom stereocenters. The van der Waals surface area contributed by atoms with Crippen LogP contribution >= 0.6 is 15.9 Å². The molecule has 98 valence electrons. The van der Waals surface area contributed by atoms with Crippen LogP contribution in [0, 0.1) is 0 Å². The van der Waals surface area contributed by atoms with Gasteiger partial charge in [-0.1, -0.05) is 28.1 Å². The van der Waals surface area contributed by atoms with E-state index in [1.807, 2.05) is 36.4 Å².